The highest BCUT2D eigenvalue weighted by Gasteiger charge is 2.31. The van der Waals surface area contributed by atoms with Crippen molar-refractivity contribution >= 4 is 28.7 Å². The van der Waals surface area contributed by atoms with Gasteiger partial charge in [0.25, 0.3) is 0 Å². The molecule has 3 rings (SSSR count). The molecule has 10 heteroatoms. The first-order valence-electron chi connectivity index (χ1n) is 10.8. The van der Waals surface area contributed by atoms with Crippen molar-refractivity contribution in [1.29, 1.82) is 0 Å². The Bertz CT molecular complexity index is 1160. The normalized spacial score (nSPS) is 14.7. The number of carbonyl (C=O) groups excluding carboxylic acids is 2. The number of amides is 2. The van der Waals surface area contributed by atoms with Gasteiger partial charge in [0.1, 0.15) is 17.8 Å². The zero-order chi connectivity index (χ0) is 24.8. The van der Waals surface area contributed by atoms with Gasteiger partial charge in [-0.15, -0.1) is 0 Å². The number of carbonyl (C=O) groups is 3. The number of hydrogen-bond donors (Lipinski definition) is 7. The van der Waals surface area contributed by atoms with Crippen LogP contribution < -0.4 is 16.4 Å². The van der Waals surface area contributed by atoms with Gasteiger partial charge in [0.2, 0.25) is 11.8 Å². The quantitative estimate of drug-likeness (QED) is 0.225. The molecule has 3 aromatic rings. The molecule has 0 fully saturated rings. The number of hydrogen-bond acceptors (Lipinski definition) is 6. The molecule has 4 atom stereocenters. The van der Waals surface area contributed by atoms with Crippen LogP contribution in [0.4, 0.5) is 0 Å². The Balaban J connectivity index is 1.65. The van der Waals surface area contributed by atoms with Crippen molar-refractivity contribution in [2.24, 2.45) is 5.73 Å². The fourth-order valence-corrected chi connectivity index (χ4v) is 3.62. The van der Waals surface area contributed by atoms with Crippen LogP contribution in [0, 0.1) is 0 Å². The first-order chi connectivity index (χ1) is 16.2. The van der Waals surface area contributed by atoms with Crippen LogP contribution in [0.2, 0.25) is 0 Å². The lowest BCUT2D eigenvalue weighted by Gasteiger charge is -2.24. The van der Waals surface area contributed by atoms with Crippen molar-refractivity contribution in [3.05, 3.63) is 65.9 Å². The number of nitrogens with one attached hydrogen (secondary N) is 3. The number of aliphatic hydroxyl groups excluding tert-OH is 1. The molecule has 180 valence electrons. The second kappa shape index (κ2) is 10.8. The summed E-state index contributed by atoms with van der Waals surface area (Å²) < 4.78 is 0. The number of carboxylic acids is 1. The molecule has 0 aliphatic carbocycles. The summed E-state index contributed by atoms with van der Waals surface area (Å²) in [5.41, 5.74) is 8.36. The summed E-state index contributed by atoms with van der Waals surface area (Å²) in [4.78, 5) is 40.2. The number of para-hydroxylation sites is 1. The highest BCUT2D eigenvalue weighted by atomic mass is 16.4. The molecule has 34 heavy (non-hydrogen) atoms. The van der Waals surface area contributed by atoms with E-state index in [2.05, 4.69) is 15.6 Å². The number of benzene rings is 2. The number of aromatic amines is 1. The molecule has 0 bridgehead atoms. The monoisotopic (exact) mass is 468 g/mol. The van der Waals surface area contributed by atoms with Crippen LogP contribution in [-0.2, 0) is 27.2 Å². The molecule has 1 heterocycles. The van der Waals surface area contributed by atoms with Gasteiger partial charge in [-0.1, -0.05) is 30.3 Å². The summed E-state index contributed by atoms with van der Waals surface area (Å²) in [6.45, 7) is 1.31. The lowest BCUT2D eigenvalue weighted by Crippen LogP contribution is -2.58. The van der Waals surface area contributed by atoms with Crippen molar-refractivity contribution in [3.63, 3.8) is 0 Å². The van der Waals surface area contributed by atoms with E-state index in [0.717, 1.165) is 16.5 Å². The van der Waals surface area contributed by atoms with Gasteiger partial charge in [0.15, 0.2) is 0 Å². The van der Waals surface area contributed by atoms with Gasteiger partial charge in [-0.3, -0.25) is 9.59 Å². The molecular weight excluding hydrogens is 440 g/mol. The maximum atomic E-state index is 12.8. The standard InChI is InChI=1S/C24H28N4O6/c1-13(29)21(23(32)27-20(24(33)34)10-14-6-8-16(30)9-7-14)28-22(31)18(25)11-15-12-26-19-5-3-2-4-17(15)19/h2-9,12-13,18,20-21,26,29-30H,10-11,25H2,1H3,(H,27,32)(H,28,31)(H,33,34)/t13-,18+,20+,21+/m1/s1. The van der Waals surface area contributed by atoms with Crippen LogP contribution >= 0.6 is 0 Å². The van der Waals surface area contributed by atoms with E-state index in [0.29, 0.717) is 5.56 Å². The number of carboxylic acid groups (broad SMARTS) is 1. The summed E-state index contributed by atoms with van der Waals surface area (Å²) in [5, 5.41) is 34.7. The van der Waals surface area contributed by atoms with E-state index < -0.39 is 42.0 Å². The van der Waals surface area contributed by atoms with Crippen LogP contribution in [0.15, 0.2) is 54.7 Å². The van der Waals surface area contributed by atoms with Gasteiger partial charge in [0.05, 0.1) is 12.1 Å². The van der Waals surface area contributed by atoms with Gasteiger partial charge in [0, 0.05) is 23.5 Å². The Morgan fingerprint density at radius 2 is 1.68 bits per heavy atom. The summed E-state index contributed by atoms with van der Waals surface area (Å²) >= 11 is 0. The summed E-state index contributed by atoms with van der Waals surface area (Å²) in [5.74, 6) is -2.76. The topological polar surface area (TPSA) is 178 Å². The number of H-pyrrole nitrogens is 1. The molecule has 0 aliphatic rings. The van der Waals surface area contributed by atoms with Gasteiger partial charge in [-0.2, -0.15) is 0 Å². The zero-order valence-corrected chi connectivity index (χ0v) is 18.6. The van der Waals surface area contributed by atoms with Crippen LogP contribution in [-0.4, -0.2) is 62.3 Å². The van der Waals surface area contributed by atoms with Crippen LogP contribution in [0.5, 0.6) is 5.75 Å². The molecule has 0 aliphatic heterocycles. The number of phenols is 1. The minimum atomic E-state index is -1.40. The number of fused-ring (bicyclic) bond motifs is 1. The highest BCUT2D eigenvalue weighted by Crippen LogP contribution is 2.19. The van der Waals surface area contributed by atoms with Crippen molar-refractivity contribution in [1.82, 2.24) is 15.6 Å². The minimum absolute atomic E-state index is 0.0283. The van der Waals surface area contributed by atoms with E-state index in [4.69, 9.17) is 5.73 Å². The van der Waals surface area contributed by atoms with Crippen LogP contribution in [0.3, 0.4) is 0 Å². The fraction of sp³-hybridized carbons (Fsp3) is 0.292. The van der Waals surface area contributed by atoms with Crippen molar-refractivity contribution in [2.45, 2.75) is 44.0 Å². The van der Waals surface area contributed by atoms with Crippen molar-refractivity contribution < 1.29 is 29.7 Å². The Hall–Kier alpha value is -3.89. The Kier molecular flexibility index (Phi) is 7.87. The number of nitrogens with two attached hydrogens (primary N) is 1. The molecule has 0 radical (unpaired) electrons. The van der Waals surface area contributed by atoms with E-state index in [1.165, 1.54) is 31.2 Å². The molecule has 10 nitrogen and oxygen atoms in total. The Labute approximate surface area is 195 Å². The Morgan fingerprint density at radius 1 is 1.00 bits per heavy atom. The average molecular weight is 469 g/mol. The second-order valence-electron chi connectivity index (χ2n) is 8.17. The zero-order valence-electron chi connectivity index (χ0n) is 18.6. The maximum Gasteiger partial charge on any atom is 0.326 e. The van der Waals surface area contributed by atoms with Gasteiger partial charge >= 0.3 is 5.97 Å². The highest BCUT2D eigenvalue weighted by molar-refractivity contribution is 5.92. The largest absolute Gasteiger partial charge is 0.508 e. The SMILES string of the molecule is C[C@@H](O)[C@H](NC(=O)[C@@H](N)Cc1c[nH]c2ccccc12)C(=O)N[C@@H](Cc1ccc(O)cc1)C(=O)O. The summed E-state index contributed by atoms with van der Waals surface area (Å²) in [6.07, 6.45) is 0.606. The number of aromatic nitrogens is 1. The van der Waals surface area contributed by atoms with Gasteiger partial charge in [-0.05, 0) is 42.7 Å². The van der Waals surface area contributed by atoms with Crippen molar-refractivity contribution in [2.75, 3.05) is 0 Å². The summed E-state index contributed by atoms with van der Waals surface area (Å²) in [7, 11) is 0. The first kappa shape index (κ1) is 24.7. The van der Waals surface area contributed by atoms with E-state index >= 15 is 0 Å². The van der Waals surface area contributed by atoms with Crippen LogP contribution in [0.1, 0.15) is 18.1 Å². The third-order valence-electron chi connectivity index (χ3n) is 5.50. The molecule has 0 unspecified atom stereocenters. The van der Waals surface area contributed by atoms with Crippen LogP contribution in [0.25, 0.3) is 10.9 Å². The maximum absolute atomic E-state index is 12.8. The van der Waals surface area contributed by atoms with E-state index in [9.17, 15) is 29.7 Å². The average Bonchev–Trinajstić information content (AvgIpc) is 3.20. The van der Waals surface area contributed by atoms with E-state index in [1.807, 2.05) is 24.3 Å². The lowest BCUT2D eigenvalue weighted by molar-refractivity contribution is -0.142. The number of aliphatic carboxylic acids is 1. The second-order valence-corrected chi connectivity index (χ2v) is 8.17. The number of aromatic hydroxyl groups is 1. The smallest absolute Gasteiger partial charge is 0.326 e. The van der Waals surface area contributed by atoms with E-state index in [1.54, 1.807) is 6.20 Å². The molecular formula is C24H28N4O6. The fourth-order valence-electron chi connectivity index (χ4n) is 3.62. The molecule has 2 amide bonds. The third-order valence-corrected chi connectivity index (χ3v) is 5.50. The first-order valence-corrected chi connectivity index (χ1v) is 10.8. The number of rotatable bonds is 10. The molecule has 1 aromatic heterocycles. The Morgan fingerprint density at radius 3 is 2.32 bits per heavy atom. The molecule has 2 aromatic carbocycles. The number of phenolic OH excluding ortho intramolecular Hbond substituents is 1. The third kappa shape index (κ3) is 6.12. The molecule has 0 saturated heterocycles. The van der Waals surface area contributed by atoms with Crippen molar-refractivity contribution in [3.8, 4) is 5.75 Å². The van der Waals surface area contributed by atoms with Gasteiger partial charge in [-0.25, -0.2) is 4.79 Å². The minimum Gasteiger partial charge on any atom is -0.508 e. The molecule has 0 saturated carbocycles. The molecule has 0 spiro atoms. The predicted molar refractivity (Wildman–Crippen MR) is 125 cm³/mol. The number of aliphatic hydroxyl groups is 1. The summed E-state index contributed by atoms with van der Waals surface area (Å²) in [6, 6.07) is 9.73. The molecule has 8 N–H and O–H groups in total. The van der Waals surface area contributed by atoms with E-state index in [-0.39, 0.29) is 18.6 Å². The lowest BCUT2D eigenvalue weighted by atomic mass is 10.0. The van der Waals surface area contributed by atoms with Gasteiger partial charge < -0.3 is 36.7 Å². The predicted octanol–water partition coefficient (Wildman–Crippen LogP) is 0.421.